The minimum absolute atomic E-state index is 0.0925. The van der Waals surface area contributed by atoms with Gasteiger partial charge in [0.25, 0.3) is 0 Å². The fraction of sp³-hybridized carbons (Fsp3) is 0.200. The van der Waals surface area contributed by atoms with Crippen LogP contribution in [0, 0.1) is 11.2 Å². The predicted octanol–water partition coefficient (Wildman–Crippen LogP) is 2.46. The van der Waals surface area contributed by atoms with Crippen LogP contribution in [0.1, 0.15) is 11.3 Å². The number of nitrogens with zero attached hydrogens (tertiary/aromatic N) is 3. The molecule has 0 spiro atoms. The lowest BCUT2D eigenvalue weighted by Crippen LogP contribution is -2.30. The Bertz CT molecular complexity index is 939. The van der Waals surface area contributed by atoms with Crippen molar-refractivity contribution in [2.75, 3.05) is 19.8 Å². The molecule has 158 valence electrons. The number of aliphatic hydroxyl groups excluding tert-OH is 1. The van der Waals surface area contributed by atoms with Crippen LogP contribution >= 0.6 is 0 Å². The summed E-state index contributed by atoms with van der Waals surface area (Å²) in [6.45, 7) is 2.56. The number of alkyl halides is 1. The van der Waals surface area contributed by atoms with Crippen LogP contribution in [0.2, 0.25) is 0 Å². The van der Waals surface area contributed by atoms with Gasteiger partial charge in [0.2, 0.25) is 0 Å². The van der Waals surface area contributed by atoms with Gasteiger partial charge in [0.15, 0.2) is 5.84 Å². The third kappa shape index (κ3) is 6.74. The molecule has 1 aromatic carbocycles. The summed E-state index contributed by atoms with van der Waals surface area (Å²) in [6.07, 6.45) is 3.90. The molecule has 0 unspecified atom stereocenters. The van der Waals surface area contributed by atoms with E-state index in [1.165, 1.54) is 24.6 Å². The maximum Gasteiger partial charge on any atom is 0.179 e. The first-order valence-electron chi connectivity index (χ1n) is 8.94. The predicted molar refractivity (Wildman–Crippen MR) is 112 cm³/mol. The van der Waals surface area contributed by atoms with Gasteiger partial charge in [-0.05, 0) is 12.1 Å². The van der Waals surface area contributed by atoms with Crippen LogP contribution < -0.4 is 10.6 Å². The lowest BCUT2D eigenvalue weighted by molar-refractivity contribution is 0.300. The molecule has 0 radical (unpaired) electrons. The second kappa shape index (κ2) is 12.0. The number of halogens is 2. The van der Waals surface area contributed by atoms with Crippen LogP contribution in [-0.2, 0) is 6.54 Å². The number of benzene rings is 1. The highest BCUT2D eigenvalue weighted by Crippen LogP contribution is 2.13. The number of hydrogen-bond donors (Lipinski definition) is 4. The number of aromatic nitrogens is 1. The van der Waals surface area contributed by atoms with Gasteiger partial charge in [-0.15, -0.1) is 0 Å². The number of nitrogens with one attached hydrogen (secondary N) is 3. The monoisotopic (exact) mass is 416 g/mol. The van der Waals surface area contributed by atoms with E-state index in [9.17, 15) is 8.78 Å². The van der Waals surface area contributed by atoms with E-state index in [0.717, 1.165) is 0 Å². The minimum atomic E-state index is -0.936. The standard InChI is InChI=1S/C20H22F2N6O2/c1-2-24-20(27-19(12-21)25-8-9-29)16(23)11-18(17-7-10-30-28-17)26-13-14-5-3-4-6-15(14)22/h2-7,10-11,23,26,29H,1,8-9,12-13H2,(H,24,25,27)/b18-11-,23-16?. The number of rotatable bonds is 10. The Morgan fingerprint density at radius 2 is 2.10 bits per heavy atom. The molecule has 0 saturated heterocycles. The van der Waals surface area contributed by atoms with Gasteiger partial charge in [0.05, 0.1) is 12.3 Å². The molecule has 0 aliphatic rings. The van der Waals surface area contributed by atoms with Gasteiger partial charge in [-0.2, -0.15) is 0 Å². The quantitative estimate of drug-likeness (QED) is 0.350. The topological polar surface area (TPSA) is 119 Å². The highest BCUT2D eigenvalue weighted by atomic mass is 19.1. The van der Waals surface area contributed by atoms with E-state index in [1.54, 1.807) is 24.3 Å². The van der Waals surface area contributed by atoms with Crippen LogP contribution in [0.25, 0.3) is 5.70 Å². The van der Waals surface area contributed by atoms with Crippen molar-refractivity contribution in [3.8, 4) is 0 Å². The Kier molecular flexibility index (Phi) is 9.07. The Morgan fingerprint density at radius 1 is 1.30 bits per heavy atom. The summed E-state index contributed by atoms with van der Waals surface area (Å²) in [5.41, 5.74) is 0.978. The van der Waals surface area contributed by atoms with Crippen molar-refractivity contribution in [1.29, 1.82) is 5.41 Å². The Hall–Kier alpha value is -3.66. The van der Waals surface area contributed by atoms with E-state index in [4.69, 9.17) is 15.0 Å². The van der Waals surface area contributed by atoms with E-state index in [1.807, 2.05) is 0 Å². The maximum atomic E-state index is 13.9. The molecule has 8 nitrogen and oxygen atoms in total. The third-order valence-electron chi connectivity index (χ3n) is 3.69. The second-order valence-corrected chi connectivity index (χ2v) is 5.78. The minimum Gasteiger partial charge on any atom is -0.395 e. The molecule has 0 saturated carbocycles. The molecule has 0 aliphatic heterocycles. The number of hydrogen-bond acceptors (Lipinski definition) is 6. The van der Waals surface area contributed by atoms with Gasteiger partial charge in [-0.25, -0.2) is 18.8 Å². The fourth-order valence-corrected chi connectivity index (χ4v) is 2.30. The van der Waals surface area contributed by atoms with Crippen molar-refractivity contribution in [2.45, 2.75) is 6.54 Å². The lowest BCUT2D eigenvalue weighted by atomic mass is 10.2. The van der Waals surface area contributed by atoms with Crippen molar-refractivity contribution in [2.24, 2.45) is 9.98 Å². The average Bonchev–Trinajstić information content (AvgIpc) is 3.29. The molecular weight excluding hydrogens is 394 g/mol. The second-order valence-electron chi connectivity index (χ2n) is 5.78. The first-order chi connectivity index (χ1) is 14.6. The molecular formula is C20H22F2N6O2. The van der Waals surface area contributed by atoms with Crippen LogP contribution in [-0.4, -0.2) is 47.5 Å². The Balaban J connectivity index is 2.29. The van der Waals surface area contributed by atoms with Crippen LogP contribution in [0.5, 0.6) is 0 Å². The molecule has 1 heterocycles. The van der Waals surface area contributed by atoms with E-state index < -0.39 is 6.67 Å². The number of aliphatic imine (C=N–C) groups is 2. The first-order valence-corrected chi connectivity index (χ1v) is 8.94. The normalized spacial score (nSPS) is 12.6. The summed E-state index contributed by atoms with van der Waals surface area (Å²) in [5, 5.41) is 26.6. The molecule has 2 rings (SSSR count). The van der Waals surface area contributed by atoms with Crippen molar-refractivity contribution >= 4 is 23.1 Å². The zero-order valence-corrected chi connectivity index (χ0v) is 16.1. The summed E-state index contributed by atoms with van der Waals surface area (Å²) in [6, 6.07) is 7.84. The lowest BCUT2D eigenvalue weighted by Gasteiger charge is -2.10. The van der Waals surface area contributed by atoms with Crippen LogP contribution in [0.3, 0.4) is 0 Å². The SMILES string of the molecule is C=C/N=C(\N=C(/CF)NCCO)C(=N)/C=C(\NCc1ccccc1F)c1ccon1. The number of aliphatic hydroxyl groups is 1. The van der Waals surface area contributed by atoms with Crippen molar-refractivity contribution in [3.05, 3.63) is 72.5 Å². The molecule has 0 bridgehead atoms. The third-order valence-corrected chi connectivity index (χ3v) is 3.69. The van der Waals surface area contributed by atoms with Gasteiger partial charge < -0.3 is 20.3 Å². The highest BCUT2D eigenvalue weighted by molar-refractivity contribution is 6.47. The molecule has 0 atom stereocenters. The molecule has 30 heavy (non-hydrogen) atoms. The first kappa shape index (κ1) is 22.6. The van der Waals surface area contributed by atoms with Crippen molar-refractivity contribution in [3.63, 3.8) is 0 Å². The molecule has 0 amide bonds. The summed E-state index contributed by atoms with van der Waals surface area (Å²) < 4.78 is 31.9. The van der Waals surface area contributed by atoms with Crippen molar-refractivity contribution in [1.82, 2.24) is 15.8 Å². The molecule has 0 aliphatic carbocycles. The van der Waals surface area contributed by atoms with Crippen LogP contribution in [0.15, 0.2) is 70.0 Å². The number of amidine groups is 2. The largest absolute Gasteiger partial charge is 0.395 e. The average molecular weight is 416 g/mol. The van der Waals surface area contributed by atoms with E-state index in [0.29, 0.717) is 17.0 Å². The van der Waals surface area contributed by atoms with Gasteiger partial charge >= 0.3 is 0 Å². The van der Waals surface area contributed by atoms with Gasteiger partial charge in [0.1, 0.15) is 36.0 Å². The fourth-order valence-electron chi connectivity index (χ4n) is 2.30. The molecule has 1 aromatic heterocycles. The van der Waals surface area contributed by atoms with Gasteiger partial charge in [-0.3, -0.25) is 5.41 Å². The Morgan fingerprint density at radius 3 is 2.73 bits per heavy atom. The highest BCUT2D eigenvalue weighted by Gasteiger charge is 2.12. The summed E-state index contributed by atoms with van der Waals surface area (Å²) in [7, 11) is 0. The summed E-state index contributed by atoms with van der Waals surface area (Å²) in [4.78, 5) is 7.90. The van der Waals surface area contributed by atoms with Gasteiger partial charge in [-0.1, -0.05) is 29.9 Å². The van der Waals surface area contributed by atoms with E-state index >= 15 is 0 Å². The zero-order chi connectivity index (χ0) is 21.8. The van der Waals surface area contributed by atoms with E-state index in [2.05, 4.69) is 32.4 Å². The Labute approximate surface area is 172 Å². The summed E-state index contributed by atoms with van der Waals surface area (Å²) >= 11 is 0. The molecule has 0 fully saturated rings. The maximum absolute atomic E-state index is 13.9. The van der Waals surface area contributed by atoms with E-state index in [-0.39, 0.29) is 42.9 Å². The molecule has 2 aromatic rings. The zero-order valence-electron chi connectivity index (χ0n) is 16.1. The summed E-state index contributed by atoms with van der Waals surface area (Å²) in [5.74, 6) is -0.581. The van der Waals surface area contributed by atoms with Crippen molar-refractivity contribution < 1.29 is 18.4 Å². The van der Waals surface area contributed by atoms with Gasteiger partial charge in [0, 0.05) is 30.9 Å². The molecule has 10 heteroatoms. The van der Waals surface area contributed by atoms with Crippen LogP contribution in [0.4, 0.5) is 8.78 Å². The molecule has 4 N–H and O–H groups in total. The smallest absolute Gasteiger partial charge is 0.179 e.